The van der Waals surface area contributed by atoms with Crippen molar-refractivity contribution < 1.29 is 28.4 Å². The normalized spacial score (nSPS) is 24.5. The number of halogens is 1. The van der Waals surface area contributed by atoms with Crippen LogP contribution in [0, 0.1) is 5.92 Å². The smallest absolute Gasteiger partial charge is 0.327 e. The van der Waals surface area contributed by atoms with Gasteiger partial charge in [-0.2, -0.15) is 0 Å². The molecule has 3 aliphatic heterocycles. The third kappa shape index (κ3) is 7.44. The van der Waals surface area contributed by atoms with Gasteiger partial charge in [0.05, 0.1) is 11.3 Å². The van der Waals surface area contributed by atoms with Crippen molar-refractivity contribution in [3.63, 3.8) is 0 Å². The molecule has 0 aliphatic carbocycles. The Balaban J connectivity index is 0.000000220. The van der Waals surface area contributed by atoms with Crippen molar-refractivity contribution in [1.82, 2.24) is 4.90 Å². The SMILES string of the molecule is CC1(C)S[C@@H]2C(CBr)C(=O)N2[C@H]1C(=O)O.CCCCCCCCS(=O)C(C)Cc1ccc2c(c1)OCO2. The highest BCUT2D eigenvalue weighted by atomic mass is 79.9. The topological polar surface area (TPSA) is 93.1 Å². The number of thioether (sulfide) groups is 1. The molecule has 2 saturated heterocycles. The number of carbonyl (C=O) groups excluding carboxylic acids is 1. The van der Waals surface area contributed by atoms with Crippen LogP contribution in [0.3, 0.4) is 0 Å². The van der Waals surface area contributed by atoms with Crippen molar-refractivity contribution in [1.29, 1.82) is 0 Å². The monoisotopic (exact) mass is 617 g/mol. The van der Waals surface area contributed by atoms with Crippen molar-refractivity contribution in [2.45, 2.75) is 94.1 Å². The number of unbranched alkanes of at least 4 members (excludes halogenated alkanes) is 5. The van der Waals surface area contributed by atoms with Crippen LogP contribution in [0.2, 0.25) is 0 Å². The fourth-order valence-electron chi connectivity index (χ4n) is 4.95. The number of nitrogens with zero attached hydrogens (tertiary/aromatic N) is 1. The molecule has 1 amide bonds. The van der Waals surface area contributed by atoms with Gasteiger partial charge in [0.25, 0.3) is 0 Å². The molecule has 7 nitrogen and oxygen atoms in total. The molecule has 3 heterocycles. The highest BCUT2D eigenvalue weighted by Crippen LogP contribution is 2.53. The summed E-state index contributed by atoms with van der Waals surface area (Å²) in [5, 5.41) is 9.97. The van der Waals surface area contributed by atoms with E-state index in [1.54, 1.807) is 11.8 Å². The van der Waals surface area contributed by atoms with Gasteiger partial charge in [-0.15, -0.1) is 11.8 Å². The summed E-state index contributed by atoms with van der Waals surface area (Å²) in [7, 11) is -0.743. The van der Waals surface area contributed by atoms with Gasteiger partial charge in [0.15, 0.2) is 11.5 Å². The molecule has 2 fully saturated rings. The van der Waals surface area contributed by atoms with E-state index < -0.39 is 27.6 Å². The minimum absolute atomic E-state index is 0.0352. The molecule has 1 aromatic carbocycles. The lowest BCUT2D eigenvalue weighted by atomic mass is 9.93. The maximum absolute atomic E-state index is 12.3. The number of rotatable bonds is 12. The Morgan fingerprint density at radius 3 is 2.57 bits per heavy atom. The number of fused-ring (bicyclic) bond motifs is 2. The van der Waals surface area contributed by atoms with E-state index in [4.69, 9.17) is 14.6 Å². The Hall–Kier alpha value is -1.26. The molecular weight excluding hydrogens is 578 g/mol. The number of carbonyl (C=O) groups is 2. The second kappa shape index (κ2) is 13.7. The zero-order chi connectivity index (χ0) is 27.2. The summed E-state index contributed by atoms with van der Waals surface area (Å²) in [5.74, 6) is 1.45. The lowest BCUT2D eigenvalue weighted by molar-refractivity contribution is -0.162. The molecule has 1 aromatic rings. The fraction of sp³-hybridized carbons (Fsp3) is 0.704. The third-order valence-electron chi connectivity index (χ3n) is 7.06. The van der Waals surface area contributed by atoms with Crippen LogP contribution in [0.5, 0.6) is 11.5 Å². The predicted octanol–water partition coefficient (Wildman–Crippen LogP) is 5.60. The molecule has 3 aliphatic rings. The van der Waals surface area contributed by atoms with Crippen LogP contribution in [0.25, 0.3) is 0 Å². The Bertz CT molecular complexity index is 974. The number of aliphatic carboxylic acids is 1. The van der Waals surface area contributed by atoms with Gasteiger partial charge < -0.3 is 19.5 Å². The maximum Gasteiger partial charge on any atom is 0.327 e. The highest BCUT2D eigenvalue weighted by Gasteiger charge is 2.63. The summed E-state index contributed by atoms with van der Waals surface area (Å²) in [5.41, 5.74) is 1.17. The number of hydrogen-bond donors (Lipinski definition) is 1. The van der Waals surface area contributed by atoms with E-state index in [0.29, 0.717) is 12.1 Å². The van der Waals surface area contributed by atoms with Crippen molar-refractivity contribution in [2.75, 3.05) is 17.9 Å². The van der Waals surface area contributed by atoms with Crippen LogP contribution < -0.4 is 9.47 Å². The fourth-order valence-corrected chi connectivity index (χ4v) is 8.78. The molecule has 1 N–H and O–H groups in total. The van der Waals surface area contributed by atoms with Crippen LogP contribution in [-0.2, 0) is 26.8 Å². The Morgan fingerprint density at radius 2 is 1.89 bits per heavy atom. The van der Waals surface area contributed by atoms with Gasteiger partial charge >= 0.3 is 5.97 Å². The molecule has 0 aromatic heterocycles. The number of amides is 1. The summed E-state index contributed by atoms with van der Waals surface area (Å²) in [6, 6.07) is 5.32. The van der Waals surface area contributed by atoms with Crippen molar-refractivity contribution >= 4 is 50.4 Å². The zero-order valence-corrected chi connectivity index (χ0v) is 25.5. The van der Waals surface area contributed by atoms with Gasteiger partial charge in [0.2, 0.25) is 12.7 Å². The first-order chi connectivity index (χ1) is 17.6. The third-order valence-corrected chi connectivity index (χ3v) is 11.1. The standard InChI is InChI=1S/C18H28O3S.C9H12BrNO3S/c1-3-4-5-6-7-8-11-22(19)15(2)12-16-9-10-17-18(13-16)21-14-20-17;1-9(2)5(8(13)14)11-6(12)4(3-10)7(11)15-9/h9-10,13,15H,3-8,11-12,14H2,1-2H3;4-5,7H,3H2,1-2H3,(H,13,14)/t;4?,5-,7+/m.0/s1. The van der Waals surface area contributed by atoms with Gasteiger partial charge in [-0.3, -0.25) is 9.00 Å². The quantitative estimate of drug-likeness (QED) is 0.185. The molecule has 0 radical (unpaired) electrons. The molecular formula is C27H40BrNO6S2. The van der Waals surface area contributed by atoms with E-state index in [1.807, 2.05) is 32.0 Å². The van der Waals surface area contributed by atoms with Crippen LogP contribution in [-0.4, -0.2) is 65.4 Å². The lowest BCUT2D eigenvalue weighted by Gasteiger charge is -2.42. The Labute approximate surface area is 236 Å². The molecule has 37 heavy (non-hydrogen) atoms. The first kappa shape index (κ1) is 30.3. The summed E-state index contributed by atoms with van der Waals surface area (Å²) in [4.78, 5) is 24.3. The molecule has 0 spiro atoms. The second-order valence-corrected chi connectivity index (χ2v) is 14.8. The molecule has 10 heteroatoms. The summed E-state index contributed by atoms with van der Waals surface area (Å²) in [6.07, 6.45) is 8.32. The van der Waals surface area contributed by atoms with Crippen molar-refractivity contribution in [3.8, 4) is 11.5 Å². The van der Waals surface area contributed by atoms with Gasteiger partial charge in [0.1, 0.15) is 6.04 Å². The predicted molar refractivity (Wildman–Crippen MR) is 153 cm³/mol. The van der Waals surface area contributed by atoms with Crippen molar-refractivity contribution in [3.05, 3.63) is 23.8 Å². The highest BCUT2D eigenvalue weighted by molar-refractivity contribution is 9.09. The number of carboxylic acid groups (broad SMARTS) is 1. The van der Waals surface area contributed by atoms with Gasteiger partial charge in [0, 0.05) is 31.9 Å². The number of alkyl halides is 1. The van der Waals surface area contributed by atoms with Crippen LogP contribution in [0.1, 0.15) is 71.8 Å². The van der Waals surface area contributed by atoms with Crippen LogP contribution in [0.4, 0.5) is 0 Å². The van der Waals surface area contributed by atoms with E-state index in [2.05, 4.69) is 29.8 Å². The number of β-lactam (4-membered cyclic amide) rings is 1. The first-order valence-electron chi connectivity index (χ1n) is 13.1. The van der Waals surface area contributed by atoms with Gasteiger partial charge in [-0.1, -0.05) is 67.9 Å². The largest absolute Gasteiger partial charge is 0.480 e. The summed E-state index contributed by atoms with van der Waals surface area (Å²) in [6.45, 7) is 8.38. The molecule has 208 valence electrons. The van der Waals surface area contributed by atoms with E-state index >= 15 is 0 Å². The maximum atomic E-state index is 12.3. The van der Waals surface area contributed by atoms with E-state index in [1.165, 1.54) is 42.6 Å². The van der Waals surface area contributed by atoms with Crippen molar-refractivity contribution in [2.24, 2.45) is 5.92 Å². The minimum atomic E-state index is -0.906. The zero-order valence-electron chi connectivity index (χ0n) is 22.2. The molecule has 4 rings (SSSR count). The molecule has 3 unspecified atom stereocenters. The second-order valence-electron chi connectivity index (χ2n) is 10.4. The van der Waals surface area contributed by atoms with E-state index in [9.17, 15) is 13.8 Å². The van der Waals surface area contributed by atoms with Crippen LogP contribution in [0.15, 0.2) is 18.2 Å². The number of benzene rings is 1. The van der Waals surface area contributed by atoms with Crippen LogP contribution >= 0.6 is 27.7 Å². The molecule has 5 atom stereocenters. The Morgan fingerprint density at radius 1 is 1.22 bits per heavy atom. The van der Waals surface area contributed by atoms with Gasteiger partial charge in [-0.25, -0.2) is 4.79 Å². The minimum Gasteiger partial charge on any atom is -0.480 e. The Kier molecular flexibility index (Phi) is 11.2. The van der Waals surface area contributed by atoms with E-state index in [-0.39, 0.29) is 22.4 Å². The van der Waals surface area contributed by atoms with E-state index in [0.717, 1.165) is 30.1 Å². The number of hydrogen-bond acceptors (Lipinski definition) is 6. The summed E-state index contributed by atoms with van der Waals surface area (Å²) < 4.78 is 22.6. The first-order valence-corrected chi connectivity index (χ1v) is 16.5. The lowest BCUT2D eigenvalue weighted by Crippen LogP contribution is -2.63. The molecule has 0 bridgehead atoms. The number of carboxylic acids is 1. The average molecular weight is 619 g/mol. The number of ether oxygens (including phenoxy) is 2. The average Bonchev–Trinajstić information content (AvgIpc) is 3.41. The molecule has 0 saturated carbocycles. The van der Waals surface area contributed by atoms with Gasteiger partial charge in [-0.05, 0) is 44.4 Å². The summed E-state index contributed by atoms with van der Waals surface area (Å²) >= 11 is 4.87.